The van der Waals surface area contributed by atoms with Crippen LogP contribution in [0.25, 0.3) is 27.8 Å². The third-order valence-electron chi connectivity index (χ3n) is 8.89. The van der Waals surface area contributed by atoms with Gasteiger partial charge in [0.1, 0.15) is 29.7 Å². The first-order chi connectivity index (χ1) is 23.2. The maximum absolute atomic E-state index is 14.0. The Morgan fingerprint density at radius 2 is 1.67 bits per heavy atom. The van der Waals surface area contributed by atoms with Crippen molar-refractivity contribution in [2.45, 2.75) is 19.4 Å². The Hall–Kier alpha value is -4.57. The zero-order valence-electron chi connectivity index (χ0n) is 27.3. The van der Waals surface area contributed by atoms with Crippen molar-refractivity contribution in [3.63, 3.8) is 0 Å². The first-order valence-electron chi connectivity index (χ1n) is 16.0. The molecule has 48 heavy (non-hydrogen) atoms. The number of carboxylic acid groups (broad SMARTS) is 1. The van der Waals surface area contributed by atoms with Gasteiger partial charge in [-0.05, 0) is 85.3 Å². The van der Waals surface area contributed by atoms with Crippen LogP contribution < -0.4 is 14.2 Å². The number of hydrogen-bond donors (Lipinski definition) is 1. The van der Waals surface area contributed by atoms with E-state index in [0.717, 1.165) is 60.6 Å². The second kappa shape index (κ2) is 14.7. The Balaban J connectivity index is 1.39. The number of piperazine rings is 1. The Bertz CT molecular complexity index is 1900. The highest BCUT2D eigenvalue weighted by molar-refractivity contribution is 6.33. The molecule has 1 atom stereocenters. The lowest BCUT2D eigenvalue weighted by Crippen LogP contribution is -2.45. The van der Waals surface area contributed by atoms with Gasteiger partial charge in [0.25, 0.3) is 0 Å². The van der Waals surface area contributed by atoms with Gasteiger partial charge in [-0.2, -0.15) is 0 Å². The minimum atomic E-state index is -1.20. The number of fused-ring (bicyclic) bond motifs is 1. The predicted octanol–water partition coefficient (Wildman–Crippen LogP) is 7.11. The summed E-state index contributed by atoms with van der Waals surface area (Å²) in [5.41, 5.74) is 4.44. The average Bonchev–Trinajstić information content (AvgIpc) is 3.48. The van der Waals surface area contributed by atoms with Gasteiger partial charge in [-0.25, -0.2) is 9.18 Å². The maximum atomic E-state index is 14.0. The van der Waals surface area contributed by atoms with E-state index >= 15 is 0 Å². The molecule has 0 spiro atoms. The lowest BCUT2D eigenvalue weighted by Gasteiger charge is -2.32. The molecule has 1 fully saturated rings. The Labute approximate surface area is 284 Å². The van der Waals surface area contributed by atoms with E-state index in [2.05, 4.69) is 16.8 Å². The number of nitrogens with zero attached hydrogens (tertiary/aromatic N) is 3. The Morgan fingerprint density at radius 3 is 2.40 bits per heavy atom. The van der Waals surface area contributed by atoms with Gasteiger partial charge in [-0.1, -0.05) is 41.9 Å². The van der Waals surface area contributed by atoms with E-state index < -0.39 is 12.1 Å². The van der Waals surface area contributed by atoms with Crippen LogP contribution in [0.2, 0.25) is 5.02 Å². The van der Waals surface area contributed by atoms with Gasteiger partial charge in [0.15, 0.2) is 6.10 Å². The van der Waals surface area contributed by atoms with Crippen LogP contribution in [0.4, 0.5) is 4.39 Å². The lowest BCUT2D eigenvalue weighted by atomic mass is 10.1. The van der Waals surface area contributed by atoms with Gasteiger partial charge in [-0.3, -0.25) is 4.90 Å². The quantitative estimate of drug-likeness (QED) is 0.152. The normalized spacial score (nSPS) is 14.6. The maximum Gasteiger partial charge on any atom is 0.345 e. The van der Waals surface area contributed by atoms with Crippen molar-refractivity contribution in [1.29, 1.82) is 0 Å². The van der Waals surface area contributed by atoms with Crippen LogP contribution >= 0.6 is 11.6 Å². The zero-order chi connectivity index (χ0) is 33.8. The summed E-state index contributed by atoms with van der Waals surface area (Å²) in [6.45, 7) is 7.33. The molecule has 0 radical (unpaired) electrons. The fraction of sp³-hybridized carbons (Fsp3) is 0.289. The number of aromatic nitrogens is 1. The average molecular weight is 672 g/mol. The zero-order valence-corrected chi connectivity index (χ0v) is 28.0. The molecule has 0 saturated carbocycles. The van der Waals surface area contributed by atoms with Gasteiger partial charge < -0.3 is 28.8 Å². The summed E-state index contributed by atoms with van der Waals surface area (Å²) in [4.78, 5) is 17.3. The number of ether oxygens (including phenoxy) is 3. The second-order valence-electron chi connectivity index (χ2n) is 12.0. The van der Waals surface area contributed by atoms with Crippen molar-refractivity contribution < 1.29 is 28.5 Å². The summed E-state index contributed by atoms with van der Waals surface area (Å²) in [6.07, 6.45) is -1.11. The van der Waals surface area contributed by atoms with E-state index in [1.807, 2.05) is 60.0 Å². The fourth-order valence-electron chi connectivity index (χ4n) is 6.17. The Morgan fingerprint density at radius 1 is 0.938 bits per heavy atom. The third kappa shape index (κ3) is 7.13. The lowest BCUT2D eigenvalue weighted by molar-refractivity contribution is -0.145. The third-order valence-corrected chi connectivity index (χ3v) is 9.36. The molecule has 8 nitrogen and oxygen atoms in total. The number of carboxylic acids is 1. The molecular weight excluding hydrogens is 633 g/mol. The van der Waals surface area contributed by atoms with Crippen LogP contribution in [0.15, 0.2) is 84.9 Å². The summed E-state index contributed by atoms with van der Waals surface area (Å²) in [5.74, 6) is 0.108. The smallest absolute Gasteiger partial charge is 0.345 e. The monoisotopic (exact) mass is 671 g/mol. The van der Waals surface area contributed by atoms with Crippen LogP contribution in [0.5, 0.6) is 17.2 Å². The summed E-state index contributed by atoms with van der Waals surface area (Å²) < 4.78 is 34.0. The van der Waals surface area contributed by atoms with E-state index in [-0.39, 0.29) is 12.2 Å². The molecule has 6 rings (SSSR count). The molecule has 0 unspecified atom stereocenters. The minimum Gasteiger partial charge on any atom is -0.496 e. The number of rotatable bonds is 12. The highest BCUT2D eigenvalue weighted by atomic mass is 35.5. The van der Waals surface area contributed by atoms with Crippen molar-refractivity contribution in [2.24, 2.45) is 0 Å². The van der Waals surface area contributed by atoms with E-state index in [9.17, 15) is 14.3 Å². The van der Waals surface area contributed by atoms with E-state index in [1.165, 1.54) is 12.1 Å². The number of hydrogen-bond acceptors (Lipinski definition) is 6. The molecule has 2 heterocycles. The van der Waals surface area contributed by atoms with Crippen molar-refractivity contribution in [3.05, 3.63) is 107 Å². The number of para-hydroxylation sites is 2. The largest absolute Gasteiger partial charge is 0.496 e. The summed E-state index contributed by atoms with van der Waals surface area (Å²) >= 11 is 6.98. The van der Waals surface area contributed by atoms with E-state index in [1.54, 1.807) is 31.4 Å². The molecular formula is C38H39ClFN3O5. The SMILES string of the molecule is COc1ccccc1C[C@@H](Oc1cccc2cc(-c3ccc(F)cc3)n(-c3ccc(OCCN4CCN(C)CC4)c(Cl)c3C)c12)C(=O)O. The summed E-state index contributed by atoms with van der Waals surface area (Å²) in [7, 11) is 3.69. The molecule has 0 amide bonds. The fourth-order valence-corrected chi connectivity index (χ4v) is 6.38. The second-order valence-corrected chi connectivity index (χ2v) is 12.4. The predicted molar refractivity (Wildman–Crippen MR) is 187 cm³/mol. The van der Waals surface area contributed by atoms with E-state index in [0.29, 0.717) is 40.0 Å². The van der Waals surface area contributed by atoms with Crippen LogP contribution in [-0.2, 0) is 11.2 Å². The summed E-state index contributed by atoms with van der Waals surface area (Å²) in [5, 5.41) is 11.6. The van der Waals surface area contributed by atoms with Gasteiger partial charge in [-0.15, -0.1) is 0 Å². The minimum absolute atomic E-state index is 0.0896. The molecule has 0 aliphatic carbocycles. The number of aliphatic carboxylic acids is 1. The van der Waals surface area contributed by atoms with Gasteiger partial charge in [0.2, 0.25) is 0 Å². The standard InChI is InChI=1S/C38H39ClFN3O5/c1-25-30(15-16-33(36(25)39)47-22-21-42-19-17-41(2)18-20-42)43-31(26-11-13-29(40)14-12-26)23-28-8-6-10-34(37(28)43)48-35(38(44)45)24-27-7-4-5-9-32(27)46-3/h4-16,23,35H,17-22,24H2,1-3H3,(H,44,45)/t35-/m1/s1. The van der Waals surface area contributed by atoms with Crippen molar-refractivity contribution >= 4 is 28.5 Å². The first-order valence-corrected chi connectivity index (χ1v) is 16.4. The molecule has 0 bridgehead atoms. The number of methoxy groups -OCH3 is 1. The molecule has 1 aliphatic heterocycles. The van der Waals surface area contributed by atoms with E-state index in [4.69, 9.17) is 25.8 Å². The van der Waals surface area contributed by atoms with Gasteiger partial charge in [0.05, 0.1) is 29.0 Å². The molecule has 4 aromatic carbocycles. The number of likely N-dealkylation sites (N-methyl/N-ethyl adjacent to an activating group) is 1. The van der Waals surface area contributed by atoms with Crippen LogP contribution in [0, 0.1) is 12.7 Å². The topological polar surface area (TPSA) is 76.4 Å². The van der Waals surface area contributed by atoms with Crippen molar-refractivity contribution in [3.8, 4) is 34.2 Å². The first kappa shape index (κ1) is 33.3. The van der Waals surface area contributed by atoms with Crippen LogP contribution in [-0.4, -0.2) is 85.0 Å². The molecule has 10 heteroatoms. The van der Waals surface area contributed by atoms with Crippen LogP contribution in [0.3, 0.4) is 0 Å². The summed E-state index contributed by atoms with van der Waals surface area (Å²) in [6, 6.07) is 24.9. The molecule has 1 saturated heterocycles. The van der Waals surface area contributed by atoms with Gasteiger partial charge >= 0.3 is 5.97 Å². The van der Waals surface area contributed by atoms with Gasteiger partial charge in [0, 0.05) is 44.5 Å². The molecule has 1 aliphatic rings. The molecule has 250 valence electrons. The van der Waals surface area contributed by atoms with Crippen molar-refractivity contribution in [2.75, 3.05) is 53.5 Å². The van der Waals surface area contributed by atoms with Crippen LogP contribution in [0.1, 0.15) is 11.1 Å². The molecule has 5 aromatic rings. The molecule has 1 aromatic heterocycles. The highest BCUT2D eigenvalue weighted by Gasteiger charge is 2.26. The van der Waals surface area contributed by atoms with Crippen molar-refractivity contribution in [1.82, 2.24) is 14.4 Å². The number of benzene rings is 4. The molecule has 1 N–H and O–H groups in total. The highest BCUT2D eigenvalue weighted by Crippen LogP contribution is 2.41. The number of halogens is 2. The Kier molecular flexibility index (Phi) is 10.2. The number of carbonyl (C=O) groups is 1.